The molecule has 1 N–H and O–H groups in total. The lowest BCUT2D eigenvalue weighted by Crippen LogP contribution is -2.49. The van der Waals surface area contributed by atoms with Crippen LogP contribution in [0.2, 0.25) is 0 Å². The largest absolute Gasteiger partial charge is 0.328 e. The van der Waals surface area contributed by atoms with Crippen molar-refractivity contribution in [2.45, 2.75) is 13.3 Å². The second-order valence-electron chi connectivity index (χ2n) is 3.86. The number of benzene rings is 1. The van der Waals surface area contributed by atoms with E-state index in [1.165, 1.54) is 11.8 Å². The molecule has 0 aliphatic carbocycles. The summed E-state index contributed by atoms with van der Waals surface area (Å²) in [5.41, 5.74) is 1.18. The molecule has 5 heteroatoms. The van der Waals surface area contributed by atoms with Crippen LogP contribution in [0, 0.1) is 0 Å². The Bertz CT molecular complexity index is 496. The molecule has 1 saturated heterocycles. The standard InChI is InChI=1S/C12H12N2O3/c1-8(15)9-3-2-4-10(7-9)14-6-5-11(16)13-12(14)17/h2-4,7H,5-6H2,1H3,(H,13,16,17). The van der Waals surface area contributed by atoms with Crippen molar-refractivity contribution in [3.8, 4) is 0 Å². The molecule has 1 aliphatic rings. The first-order valence-electron chi connectivity index (χ1n) is 5.30. The van der Waals surface area contributed by atoms with Crippen molar-refractivity contribution >= 4 is 23.4 Å². The van der Waals surface area contributed by atoms with Crippen LogP contribution in [0.25, 0.3) is 0 Å². The molecule has 1 aliphatic heterocycles. The Kier molecular flexibility index (Phi) is 2.91. The summed E-state index contributed by atoms with van der Waals surface area (Å²) in [6.45, 7) is 1.81. The van der Waals surface area contributed by atoms with Gasteiger partial charge in [-0.25, -0.2) is 4.79 Å². The smallest absolute Gasteiger partial charge is 0.295 e. The Hall–Kier alpha value is -2.17. The molecular formula is C12H12N2O3. The normalized spacial score (nSPS) is 15.7. The highest BCUT2D eigenvalue weighted by atomic mass is 16.2. The molecule has 2 rings (SSSR count). The van der Waals surface area contributed by atoms with E-state index in [0.717, 1.165) is 0 Å². The number of hydrogen-bond acceptors (Lipinski definition) is 3. The molecule has 0 saturated carbocycles. The van der Waals surface area contributed by atoms with E-state index in [1.54, 1.807) is 24.3 Å². The van der Waals surface area contributed by atoms with E-state index in [1.807, 2.05) is 0 Å². The lowest BCUT2D eigenvalue weighted by molar-refractivity contribution is -0.120. The molecule has 5 nitrogen and oxygen atoms in total. The zero-order valence-electron chi connectivity index (χ0n) is 9.40. The molecule has 88 valence electrons. The summed E-state index contributed by atoms with van der Waals surface area (Å²) in [5, 5.41) is 2.24. The Morgan fingerprint density at radius 2 is 2.12 bits per heavy atom. The Morgan fingerprint density at radius 3 is 2.76 bits per heavy atom. The maximum atomic E-state index is 11.6. The van der Waals surface area contributed by atoms with Crippen LogP contribution in [0.5, 0.6) is 0 Å². The topological polar surface area (TPSA) is 66.5 Å². The molecule has 3 amide bonds. The lowest BCUT2D eigenvalue weighted by Gasteiger charge is -2.26. The molecule has 1 aromatic rings. The molecule has 17 heavy (non-hydrogen) atoms. The molecule has 1 heterocycles. The van der Waals surface area contributed by atoms with Crippen LogP contribution >= 0.6 is 0 Å². The highest BCUT2D eigenvalue weighted by molar-refractivity contribution is 6.06. The van der Waals surface area contributed by atoms with Crippen LogP contribution in [0.1, 0.15) is 23.7 Å². The molecule has 0 bridgehead atoms. The number of carbonyl (C=O) groups excluding carboxylic acids is 3. The summed E-state index contributed by atoms with van der Waals surface area (Å²) < 4.78 is 0. The quantitative estimate of drug-likeness (QED) is 0.782. The minimum absolute atomic E-state index is 0.0552. The molecule has 0 radical (unpaired) electrons. The first kappa shape index (κ1) is 11.3. The number of ketones is 1. The van der Waals surface area contributed by atoms with Crippen molar-refractivity contribution in [2.24, 2.45) is 0 Å². The van der Waals surface area contributed by atoms with Gasteiger partial charge in [-0.05, 0) is 19.1 Å². The highest BCUT2D eigenvalue weighted by Crippen LogP contribution is 2.18. The minimum Gasteiger partial charge on any atom is -0.295 e. The number of nitrogens with one attached hydrogen (secondary N) is 1. The van der Waals surface area contributed by atoms with Crippen LogP contribution in [0.15, 0.2) is 24.3 Å². The van der Waals surface area contributed by atoms with E-state index in [-0.39, 0.29) is 18.1 Å². The van der Waals surface area contributed by atoms with Gasteiger partial charge in [-0.15, -0.1) is 0 Å². The number of anilines is 1. The van der Waals surface area contributed by atoms with Crippen LogP contribution in [-0.2, 0) is 4.79 Å². The summed E-state index contributed by atoms with van der Waals surface area (Å²) in [6, 6.07) is 6.36. The fourth-order valence-corrected chi connectivity index (χ4v) is 1.70. The molecule has 0 unspecified atom stereocenters. The number of hydrogen-bond donors (Lipinski definition) is 1. The van der Waals surface area contributed by atoms with Crippen LogP contribution in [0.4, 0.5) is 10.5 Å². The van der Waals surface area contributed by atoms with Crippen molar-refractivity contribution in [3.05, 3.63) is 29.8 Å². The fourth-order valence-electron chi connectivity index (χ4n) is 1.70. The van der Waals surface area contributed by atoms with Gasteiger partial charge in [0.1, 0.15) is 0 Å². The monoisotopic (exact) mass is 232 g/mol. The minimum atomic E-state index is -0.443. The average molecular weight is 232 g/mol. The van der Waals surface area contributed by atoms with E-state index in [0.29, 0.717) is 17.8 Å². The van der Waals surface area contributed by atoms with Crippen molar-refractivity contribution in [3.63, 3.8) is 0 Å². The molecule has 0 spiro atoms. The lowest BCUT2D eigenvalue weighted by atomic mass is 10.1. The first-order valence-corrected chi connectivity index (χ1v) is 5.30. The van der Waals surface area contributed by atoms with Gasteiger partial charge in [-0.1, -0.05) is 12.1 Å². The third kappa shape index (κ3) is 2.33. The van der Waals surface area contributed by atoms with Gasteiger partial charge in [0.15, 0.2) is 5.78 Å². The van der Waals surface area contributed by atoms with E-state index < -0.39 is 6.03 Å². The number of rotatable bonds is 2. The third-order valence-electron chi connectivity index (χ3n) is 2.62. The summed E-state index contributed by atoms with van der Waals surface area (Å²) in [5.74, 6) is -0.325. The van der Waals surface area contributed by atoms with E-state index in [2.05, 4.69) is 5.32 Å². The summed E-state index contributed by atoms with van der Waals surface area (Å²) in [6.07, 6.45) is 0.274. The van der Waals surface area contributed by atoms with Gasteiger partial charge in [0.05, 0.1) is 0 Å². The van der Waals surface area contributed by atoms with Gasteiger partial charge >= 0.3 is 6.03 Å². The van der Waals surface area contributed by atoms with Crippen molar-refractivity contribution in [1.82, 2.24) is 5.32 Å². The second kappa shape index (κ2) is 4.37. The summed E-state index contributed by atoms with van der Waals surface area (Å²) in [7, 11) is 0. The average Bonchev–Trinajstić information content (AvgIpc) is 2.29. The summed E-state index contributed by atoms with van der Waals surface area (Å²) in [4.78, 5) is 35.3. The Morgan fingerprint density at radius 1 is 1.35 bits per heavy atom. The fraction of sp³-hybridized carbons (Fsp3) is 0.250. The molecular weight excluding hydrogens is 220 g/mol. The number of Topliss-reactive ketones (excluding diaryl/α,β-unsaturated/α-hetero) is 1. The van der Waals surface area contributed by atoms with E-state index >= 15 is 0 Å². The van der Waals surface area contributed by atoms with Crippen molar-refractivity contribution in [2.75, 3.05) is 11.4 Å². The molecule has 0 aromatic heterocycles. The van der Waals surface area contributed by atoms with Crippen molar-refractivity contribution < 1.29 is 14.4 Å². The molecule has 1 fully saturated rings. The predicted molar refractivity (Wildman–Crippen MR) is 61.9 cm³/mol. The maximum Gasteiger partial charge on any atom is 0.328 e. The van der Waals surface area contributed by atoms with E-state index in [9.17, 15) is 14.4 Å². The Labute approximate surface area is 98.4 Å². The molecule has 1 aromatic carbocycles. The highest BCUT2D eigenvalue weighted by Gasteiger charge is 2.24. The van der Waals surface area contributed by atoms with Gasteiger partial charge in [0, 0.05) is 24.2 Å². The van der Waals surface area contributed by atoms with Crippen LogP contribution in [0.3, 0.4) is 0 Å². The maximum absolute atomic E-state index is 11.6. The number of imide groups is 1. The van der Waals surface area contributed by atoms with Gasteiger partial charge < -0.3 is 0 Å². The molecule has 0 atom stereocenters. The van der Waals surface area contributed by atoms with Crippen molar-refractivity contribution in [1.29, 1.82) is 0 Å². The Balaban J connectivity index is 2.28. The first-order chi connectivity index (χ1) is 8.08. The van der Waals surface area contributed by atoms with Gasteiger partial charge in [-0.2, -0.15) is 0 Å². The van der Waals surface area contributed by atoms with E-state index in [4.69, 9.17) is 0 Å². The third-order valence-corrected chi connectivity index (χ3v) is 2.62. The predicted octanol–water partition coefficient (Wildman–Crippen LogP) is 1.34. The SMILES string of the molecule is CC(=O)c1cccc(N2CCC(=O)NC2=O)c1. The second-order valence-corrected chi connectivity index (χ2v) is 3.86. The van der Waals surface area contributed by atoms with Gasteiger partial charge in [0.2, 0.25) is 5.91 Å². The number of amides is 3. The van der Waals surface area contributed by atoms with Crippen LogP contribution < -0.4 is 10.2 Å². The van der Waals surface area contributed by atoms with Gasteiger partial charge in [0.25, 0.3) is 0 Å². The zero-order chi connectivity index (χ0) is 12.4. The number of urea groups is 1. The van der Waals surface area contributed by atoms with Crippen LogP contribution in [-0.4, -0.2) is 24.3 Å². The summed E-state index contributed by atoms with van der Waals surface area (Å²) >= 11 is 0. The number of nitrogens with zero attached hydrogens (tertiary/aromatic N) is 1. The zero-order valence-corrected chi connectivity index (χ0v) is 9.40. The van der Waals surface area contributed by atoms with Gasteiger partial charge in [-0.3, -0.25) is 19.8 Å². The number of carbonyl (C=O) groups is 3.